The van der Waals surface area contributed by atoms with Crippen LogP contribution in [-0.2, 0) is 6.42 Å². The predicted octanol–water partition coefficient (Wildman–Crippen LogP) is 3.16. The first-order valence-corrected chi connectivity index (χ1v) is 5.39. The number of fused-ring (bicyclic) bond motifs is 1. The minimum absolute atomic E-state index is 0.156. The van der Waals surface area contributed by atoms with Crippen LogP contribution >= 0.6 is 11.6 Å². The first kappa shape index (κ1) is 10.7. The van der Waals surface area contributed by atoms with Gasteiger partial charge >= 0.3 is 0 Å². The Morgan fingerprint density at radius 1 is 1.60 bits per heavy atom. The van der Waals surface area contributed by atoms with Gasteiger partial charge < -0.3 is 5.32 Å². The molecule has 1 aromatic carbocycles. The van der Waals surface area contributed by atoms with Gasteiger partial charge in [0.2, 0.25) is 0 Å². The topological polar surface area (TPSA) is 12.0 Å². The molecule has 1 aromatic rings. The smallest absolute Gasteiger partial charge is 0.123 e. The van der Waals surface area contributed by atoms with Crippen LogP contribution in [0.25, 0.3) is 0 Å². The fourth-order valence-electron chi connectivity index (χ4n) is 2.03. The number of hydrogen-bond donors (Lipinski definition) is 1. The molecular formula is C12H13ClFN. The summed E-state index contributed by atoms with van der Waals surface area (Å²) < 4.78 is 12.9. The fourth-order valence-corrected chi connectivity index (χ4v) is 2.11. The second-order valence-electron chi connectivity index (χ2n) is 3.83. The zero-order valence-corrected chi connectivity index (χ0v) is 9.15. The third kappa shape index (κ3) is 2.39. The molecule has 1 N–H and O–H groups in total. The normalized spacial score (nSPS) is 18.9. The summed E-state index contributed by atoms with van der Waals surface area (Å²) in [5.41, 5.74) is 2.29. The van der Waals surface area contributed by atoms with Gasteiger partial charge in [0.25, 0.3) is 0 Å². The molecule has 0 fully saturated rings. The predicted molar refractivity (Wildman–Crippen MR) is 60.5 cm³/mol. The number of benzene rings is 1. The van der Waals surface area contributed by atoms with Gasteiger partial charge in [-0.15, -0.1) is 0 Å². The van der Waals surface area contributed by atoms with E-state index in [1.165, 1.54) is 11.6 Å². The maximum absolute atomic E-state index is 12.9. The molecule has 1 aliphatic rings. The van der Waals surface area contributed by atoms with Crippen molar-refractivity contribution in [3.05, 3.63) is 46.8 Å². The minimum atomic E-state index is -0.156. The first-order chi connectivity index (χ1) is 7.16. The van der Waals surface area contributed by atoms with Crippen LogP contribution in [0.15, 0.2) is 29.8 Å². The maximum Gasteiger partial charge on any atom is 0.123 e. The molecule has 0 heterocycles. The molecule has 0 bridgehead atoms. The molecule has 2 rings (SSSR count). The minimum Gasteiger partial charge on any atom is -0.305 e. The van der Waals surface area contributed by atoms with Gasteiger partial charge in [0.05, 0.1) is 0 Å². The van der Waals surface area contributed by atoms with E-state index >= 15 is 0 Å². The van der Waals surface area contributed by atoms with E-state index in [2.05, 4.69) is 11.9 Å². The molecule has 0 aromatic heterocycles. The molecule has 1 unspecified atom stereocenters. The van der Waals surface area contributed by atoms with Crippen LogP contribution in [-0.4, -0.2) is 6.54 Å². The van der Waals surface area contributed by atoms with Gasteiger partial charge in [0.15, 0.2) is 0 Å². The quantitative estimate of drug-likeness (QED) is 0.834. The Hall–Kier alpha value is -0.860. The van der Waals surface area contributed by atoms with Gasteiger partial charge in [-0.25, -0.2) is 4.39 Å². The van der Waals surface area contributed by atoms with Gasteiger partial charge in [-0.05, 0) is 36.1 Å². The van der Waals surface area contributed by atoms with Crippen molar-refractivity contribution in [2.75, 3.05) is 6.54 Å². The first-order valence-electron chi connectivity index (χ1n) is 5.02. The molecule has 1 nitrogen and oxygen atoms in total. The van der Waals surface area contributed by atoms with Crippen LogP contribution in [0.5, 0.6) is 0 Å². The summed E-state index contributed by atoms with van der Waals surface area (Å²) in [5, 5.41) is 3.91. The number of hydrogen-bond acceptors (Lipinski definition) is 1. The lowest BCUT2D eigenvalue weighted by Crippen LogP contribution is -2.20. The molecule has 0 saturated carbocycles. The summed E-state index contributed by atoms with van der Waals surface area (Å²) in [6.45, 7) is 4.23. The van der Waals surface area contributed by atoms with Gasteiger partial charge in [-0.3, -0.25) is 0 Å². The zero-order chi connectivity index (χ0) is 10.8. The van der Waals surface area contributed by atoms with Crippen LogP contribution in [0, 0.1) is 5.82 Å². The van der Waals surface area contributed by atoms with Crippen molar-refractivity contribution in [3.63, 3.8) is 0 Å². The van der Waals surface area contributed by atoms with Crippen molar-refractivity contribution >= 4 is 11.6 Å². The Balaban J connectivity index is 2.11. The van der Waals surface area contributed by atoms with Crippen LogP contribution in [0.4, 0.5) is 4.39 Å². The third-order valence-electron chi connectivity index (χ3n) is 2.72. The van der Waals surface area contributed by atoms with Crippen molar-refractivity contribution in [2.45, 2.75) is 18.9 Å². The van der Waals surface area contributed by atoms with E-state index in [0.717, 1.165) is 18.4 Å². The monoisotopic (exact) mass is 225 g/mol. The number of halogens is 2. The van der Waals surface area contributed by atoms with Crippen molar-refractivity contribution in [1.82, 2.24) is 5.32 Å². The van der Waals surface area contributed by atoms with Crippen molar-refractivity contribution in [1.29, 1.82) is 0 Å². The van der Waals surface area contributed by atoms with E-state index in [0.29, 0.717) is 11.6 Å². The zero-order valence-electron chi connectivity index (χ0n) is 8.39. The molecule has 0 saturated heterocycles. The van der Waals surface area contributed by atoms with Crippen LogP contribution in [0.3, 0.4) is 0 Å². The van der Waals surface area contributed by atoms with E-state index in [9.17, 15) is 4.39 Å². The van der Waals surface area contributed by atoms with E-state index in [1.807, 2.05) is 6.07 Å². The number of nitrogens with one attached hydrogen (secondary N) is 1. The highest BCUT2D eigenvalue weighted by molar-refractivity contribution is 6.29. The molecule has 0 spiro atoms. The Morgan fingerprint density at radius 3 is 3.13 bits per heavy atom. The molecule has 0 aliphatic heterocycles. The molecule has 0 radical (unpaired) electrons. The Labute approximate surface area is 93.9 Å². The fraction of sp³-hybridized carbons (Fsp3) is 0.333. The van der Waals surface area contributed by atoms with Crippen LogP contribution in [0.2, 0.25) is 0 Å². The second-order valence-corrected chi connectivity index (χ2v) is 4.37. The number of aryl methyl sites for hydroxylation is 1. The van der Waals surface area contributed by atoms with Crippen molar-refractivity contribution in [2.24, 2.45) is 0 Å². The van der Waals surface area contributed by atoms with Crippen molar-refractivity contribution < 1.29 is 4.39 Å². The van der Waals surface area contributed by atoms with Gasteiger partial charge in [0, 0.05) is 17.6 Å². The maximum atomic E-state index is 12.9. The summed E-state index contributed by atoms with van der Waals surface area (Å²) in [7, 11) is 0. The highest BCUT2D eigenvalue weighted by atomic mass is 35.5. The van der Waals surface area contributed by atoms with Gasteiger partial charge in [-0.2, -0.15) is 0 Å². The van der Waals surface area contributed by atoms with E-state index < -0.39 is 0 Å². The Morgan fingerprint density at radius 2 is 2.40 bits per heavy atom. The Kier molecular flexibility index (Phi) is 3.08. The largest absolute Gasteiger partial charge is 0.305 e. The number of rotatable bonds is 3. The van der Waals surface area contributed by atoms with E-state index in [4.69, 9.17) is 11.6 Å². The third-order valence-corrected chi connectivity index (χ3v) is 2.86. The highest BCUT2D eigenvalue weighted by Crippen LogP contribution is 2.31. The SMILES string of the molecule is C=C(Cl)CNC1CCc2cc(F)ccc21. The molecule has 1 atom stereocenters. The highest BCUT2D eigenvalue weighted by Gasteiger charge is 2.21. The average molecular weight is 226 g/mol. The van der Waals surface area contributed by atoms with Gasteiger partial charge in [-0.1, -0.05) is 24.2 Å². The summed E-state index contributed by atoms with van der Waals surface area (Å²) in [5.74, 6) is -0.156. The lowest BCUT2D eigenvalue weighted by Gasteiger charge is -2.13. The molecule has 1 aliphatic carbocycles. The standard InChI is InChI=1S/C12H13ClFN/c1-8(13)7-15-12-5-2-9-6-10(14)3-4-11(9)12/h3-4,6,12,15H,1-2,5,7H2. The summed E-state index contributed by atoms with van der Waals surface area (Å²) >= 11 is 5.69. The summed E-state index contributed by atoms with van der Waals surface area (Å²) in [6, 6.07) is 5.27. The van der Waals surface area contributed by atoms with E-state index in [-0.39, 0.29) is 11.9 Å². The summed E-state index contributed by atoms with van der Waals surface area (Å²) in [4.78, 5) is 0. The molecule has 15 heavy (non-hydrogen) atoms. The van der Waals surface area contributed by atoms with Crippen LogP contribution in [0.1, 0.15) is 23.6 Å². The van der Waals surface area contributed by atoms with Gasteiger partial charge in [0.1, 0.15) is 5.82 Å². The molecular weight excluding hydrogens is 213 g/mol. The molecule has 3 heteroatoms. The second kappa shape index (κ2) is 4.33. The molecule has 0 amide bonds. The lowest BCUT2D eigenvalue weighted by atomic mass is 10.1. The average Bonchev–Trinajstić information content (AvgIpc) is 2.57. The molecule has 80 valence electrons. The summed E-state index contributed by atoms with van der Waals surface area (Å²) in [6.07, 6.45) is 1.93. The lowest BCUT2D eigenvalue weighted by molar-refractivity contribution is 0.561. The van der Waals surface area contributed by atoms with Crippen molar-refractivity contribution in [3.8, 4) is 0 Å². The Bertz CT molecular complexity index is 389. The van der Waals surface area contributed by atoms with E-state index in [1.54, 1.807) is 6.07 Å². The van der Waals surface area contributed by atoms with Crippen LogP contribution < -0.4 is 5.32 Å².